The van der Waals surface area contributed by atoms with Crippen molar-refractivity contribution in [2.75, 3.05) is 5.32 Å². The molecule has 19 heavy (non-hydrogen) atoms. The lowest BCUT2D eigenvalue weighted by Crippen LogP contribution is -2.31. The van der Waals surface area contributed by atoms with E-state index in [1.54, 1.807) is 12.4 Å². The Balaban J connectivity index is 1.70. The van der Waals surface area contributed by atoms with Crippen molar-refractivity contribution in [2.45, 2.75) is 37.5 Å². The van der Waals surface area contributed by atoms with Crippen molar-refractivity contribution in [3.63, 3.8) is 0 Å². The molecule has 1 N–H and O–H groups in total. The minimum absolute atomic E-state index is 0.300. The number of halogens is 1. The van der Waals surface area contributed by atoms with Gasteiger partial charge in [0.1, 0.15) is 0 Å². The van der Waals surface area contributed by atoms with Crippen LogP contribution in [0.15, 0.2) is 18.5 Å². The van der Waals surface area contributed by atoms with Crippen LogP contribution in [-0.2, 0) is 4.74 Å². The lowest BCUT2D eigenvalue weighted by atomic mass is 9.95. The number of pyridine rings is 1. The predicted molar refractivity (Wildman–Crippen MR) is 72.3 cm³/mol. The molecule has 4 rings (SSSR count). The Morgan fingerprint density at radius 2 is 2.21 bits per heavy atom. The molecule has 2 fully saturated rings. The zero-order chi connectivity index (χ0) is 12.8. The number of nitrogens with one attached hydrogen (secondary N) is 1. The Hall–Kier alpha value is -1.46. The summed E-state index contributed by atoms with van der Waals surface area (Å²) in [5, 5.41) is 13.8. The molecule has 2 aromatic rings. The number of anilines is 1. The van der Waals surface area contributed by atoms with Crippen LogP contribution >= 0.6 is 11.6 Å². The molecule has 2 aliphatic rings. The van der Waals surface area contributed by atoms with E-state index in [2.05, 4.69) is 20.5 Å². The van der Waals surface area contributed by atoms with Gasteiger partial charge in [-0.1, -0.05) is 11.6 Å². The van der Waals surface area contributed by atoms with Gasteiger partial charge in [0.05, 0.1) is 18.2 Å². The van der Waals surface area contributed by atoms with Crippen molar-refractivity contribution in [1.29, 1.82) is 0 Å². The summed E-state index contributed by atoms with van der Waals surface area (Å²) < 4.78 is 5.84. The molecule has 2 saturated heterocycles. The maximum absolute atomic E-state index is 6.05. The topological polar surface area (TPSA) is 59.9 Å². The fourth-order valence-corrected chi connectivity index (χ4v) is 3.24. The number of aromatic nitrogens is 3. The molecule has 0 radical (unpaired) electrons. The van der Waals surface area contributed by atoms with Crippen LogP contribution in [0.1, 0.15) is 19.3 Å². The first kappa shape index (κ1) is 11.4. The Morgan fingerprint density at radius 3 is 3.00 bits per heavy atom. The molecule has 2 aromatic heterocycles. The van der Waals surface area contributed by atoms with Crippen LogP contribution in [0.4, 0.5) is 5.82 Å². The minimum Gasteiger partial charge on any atom is -0.373 e. The quantitative estimate of drug-likeness (QED) is 0.913. The standard InChI is InChI=1S/C13H13ClN4O/c14-12-8-3-4-15-6-9(8)13(18-17-12)16-10-5-7-1-2-11(10)19-7/h3-4,6-7,10-11H,1-2,5H2,(H,16,18). The zero-order valence-corrected chi connectivity index (χ0v) is 11.0. The van der Waals surface area contributed by atoms with Gasteiger partial charge in [-0.2, -0.15) is 0 Å². The van der Waals surface area contributed by atoms with Crippen LogP contribution in [0, 0.1) is 0 Å². The van der Waals surface area contributed by atoms with E-state index in [9.17, 15) is 0 Å². The first-order valence-electron chi connectivity index (χ1n) is 6.49. The third kappa shape index (κ3) is 1.84. The highest BCUT2D eigenvalue weighted by molar-refractivity contribution is 6.34. The Kier molecular flexibility index (Phi) is 2.56. The number of fused-ring (bicyclic) bond motifs is 3. The lowest BCUT2D eigenvalue weighted by molar-refractivity contribution is 0.102. The van der Waals surface area contributed by atoms with Crippen LogP contribution in [0.25, 0.3) is 10.8 Å². The highest BCUT2D eigenvalue weighted by Gasteiger charge is 2.41. The molecule has 98 valence electrons. The fourth-order valence-electron chi connectivity index (χ4n) is 3.04. The number of hydrogen-bond acceptors (Lipinski definition) is 5. The number of nitrogens with zero attached hydrogens (tertiary/aromatic N) is 3. The Morgan fingerprint density at radius 1 is 1.26 bits per heavy atom. The van der Waals surface area contributed by atoms with Crippen molar-refractivity contribution < 1.29 is 4.74 Å². The molecule has 3 atom stereocenters. The highest BCUT2D eigenvalue weighted by atomic mass is 35.5. The molecule has 2 bridgehead atoms. The number of rotatable bonds is 2. The van der Waals surface area contributed by atoms with Crippen LogP contribution in [0.2, 0.25) is 5.15 Å². The predicted octanol–water partition coefficient (Wildman–Crippen LogP) is 2.41. The molecule has 0 saturated carbocycles. The van der Waals surface area contributed by atoms with Crippen LogP contribution in [0.3, 0.4) is 0 Å². The zero-order valence-electron chi connectivity index (χ0n) is 10.2. The summed E-state index contributed by atoms with van der Waals surface area (Å²) in [4.78, 5) is 4.14. The molecule has 5 nitrogen and oxygen atoms in total. The van der Waals surface area contributed by atoms with Gasteiger partial charge < -0.3 is 10.1 Å². The van der Waals surface area contributed by atoms with E-state index >= 15 is 0 Å². The summed E-state index contributed by atoms with van der Waals surface area (Å²) in [5.41, 5.74) is 0. The first-order valence-corrected chi connectivity index (χ1v) is 6.87. The van der Waals surface area contributed by atoms with Crippen molar-refractivity contribution in [2.24, 2.45) is 0 Å². The van der Waals surface area contributed by atoms with Gasteiger partial charge >= 0.3 is 0 Å². The van der Waals surface area contributed by atoms with Crippen LogP contribution in [0.5, 0.6) is 0 Å². The number of hydrogen-bond donors (Lipinski definition) is 1. The molecule has 3 unspecified atom stereocenters. The maximum atomic E-state index is 6.05. The van der Waals surface area contributed by atoms with Crippen LogP contribution in [-0.4, -0.2) is 33.4 Å². The van der Waals surface area contributed by atoms with Gasteiger partial charge in [-0.25, -0.2) is 0 Å². The summed E-state index contributed by atoms with van der Waals surface area (Å²) >= 11 is 6.05. The van der Waals surface area contributed by atoms with Crippen molar-refractivity contribution in [3.8, 4) is 0 Å². The van der Waals surface area contributed by atoms with Gasteiger partial charge in [0.25, 0.3) is 0 Å². The van der Waals surface area contributed by atoms with Gasteiger partial charge in [-0.05, 0) is 25.3 Å². The van der Waals surface area contributed by atoms with Gasteiger partial charge in [-0.3, -0.25) is 4.98 Å². The molecular formula is C13H13ClN4O. The van der Waals surface area contributed by atoms with E-state index in [1.165, 1.54) is 6.42 Å². The van der Waals surface area contributed by atoms with Crippen molar-refractivity contribution in [1.82, 2.24) is 15.2 Å². The molecule has 0 spiro atoms. The monoisotopic (exact) mass is 276 g/mol. The Bertz CT molecular complexity index is 635. The maximum Gasteiger partial charge on any atom is 0.159 e. The average Bonchev–Trinajstić information content (AvgIpc) is 3.05. The van der Waals surface area contributed by atoms with Gasteiger partial charge in [0.2, 0.25) is 0 Å². The summed E-state index contributed by atoms with van der Waals surface area (Å²) in [6.45, 7) is 0. The number of ether oxygens (including phenoxy) is 1. The minimum atomic E-state index is 0.300. The normalized spacial score (nSPS) is 29.0. The molecule has 0 aromatic carbocycles. The Labute approximate surface area is 115 Å². The molecule has 2 aliphatic heterocycles. The largest absolute Gasteiger partial charge is 0.373 e. The van der Waals surface area contributed by atoms with Gasteiger partial charge in [0, 0.05) is 23.2 Å². The third-order valence-corrected chi connectivity index (χ3v) is 4.24. The van der Waals surface area contributed by atoms with Crippen LogP contribution < -0.4 is 5.32 Å². The van der Waals surface area contributed by atoms with Crippen molar-refractivity contribution >= 4 is 28.2 Å². The summed E-state index contributed by atoms with van der Waals surface area (Å²) in [6, 6.07) is 2.17. The van der Waals surface area contributed by atoms with E-state index in [0.29, 0.717) is 23.4 Å². The summed E-state index contributed by atoms with van der Waals surface area (Å²) in [6.07, 6.45) is 7.53. The highest BCUT2D eigenvalue weighted by Crippen LogP contribution is 2.36. The summed E-state index contributed by atoms with van der Waals surface area (Å²) in [7, 11) is 0. The summed E-state index contributed by atoms with van der Waals surface area (Å²) in [5.74, 6) is 0.744. The first-order chi connectivity index (χ1) is 9.31. The van der Waals surface area contributed by atoms with E-state index in [-0.39, 0.29) is 0 Å². The van der Waals surface area contributed by atoms with E-state index in [4.69, 9.17) is 16.3 Å². The fraction of sp³-hybridized carbons (Fsp3) is 0.462. The second-order valence-corrected chi connectivity index (χ2v) is 5.48. The van der Waals surface area contributed by atoms with E-state index in [0.717, 1.165) is 29.4 Å². The average molecular weight is 277 g/mol. The third-order valence-electron chi connectivity index (χ3n) is 3.96. The SMILES string of the molecule is Clc1nnc(NC2CC3CCC2O3)c2cnccc12. The second kappa shape index (κ2) is 4.28. The lowest BCUT2D eigenvalue weighted by Gasteiger charge is -2.21. The van der Waals surface area contributed by atoms with Crippen molar-refractivity contribution in [3.05, 3.63) is 23.6 Å². The van der Waals surface area contributed by atoms with Gasteiger partial charge in [0.15, 0.2) is 11.0 Å². The molecule has 0 amide bonds. The smallest absolute Gasteiger partial charge is 0.159 e. The second-order valence-electron chi connectivity index (χ2n) is 5.12. The van der Waals surface area contributed by atoms with E-state index in [1.807, 2.05) is 6.07 Å². The van der Waals surface area contributed by atoms with Gasteiger partial charge in [-0.15, -0.1) is 10.2 Å². The van der Waals surface area contributed by atoms with E-state index < -0.39 is 0 Å². The molecule has 0 aliphatic carbocycles. The molecule has 6 heteroatoms. The molecule has 4 heterocycles. The molecular weight excluding hydrogens is 264 g/mol.